The maximum absolute atomic E-state index is 11.4. The summed E-state index contributed by atoms with van der Waals surface area (Å²) >= 11 is 0. The van der Waals surface area contributed by atoms with Crippen molar-refractivity contribution in [3.63, 3.8) is 0 Å². The maximum atomic E-state index is 11.4. The van der Waals surface area contributed by atoms with E-state index < -0.39 is 0 Å². The molecular weight excluding hydrogens is 216 g/mol. The third-order valence-corrected chi connectivity index (χ3v) is 4.19. The van der Waals surface area contributed by atoms with Crippen molar-refractivity contribution in [3.05, 3.63) is 12.2 Å². The van der Waals surface area contributed by atoms with Gasteiger partial charge < -0.3 is 9.84 Å². The van der Waals surface area contributed by atoms with Gasteiger partial charge in [0.05, 0.1) is 6.61 Å². The molecule has 3 aliphatic rings. The summed E-state index contributed by atoms with van der Waals surface area (Å²) in [7, 11) is 0. The number of hydrogen-bond donors (Lipinski definition) is 1. The van der Waals surface area contributed by atoms with Gasteiger partial charge in [0.15, 0.2) is 0 Å². The third kappa shape index (κ3) is 2.71. The minimum atomic E-state index is -0.102. The minimum Gasteiger partial charge on any atom is -0.465 e. The van der Waals surface area contributed by atoms with Crippen molar-refractivity contribution in [1.82, 2.24) is 0 Å². The van der Waals surface area contributed by atoms with E-state index in [0.717, 1.165) is 6.42 Å². The normalized spacial score (nSPS) is 34.9. The molecule has 4 atom stereocenters. The van der Waals surface area contributed by atoms with Crippen LogP contribution in [0.3, 0.4) is 0 Å². The molecule has 17 heavy (non-hydrogen) atoms. The highest BCUT2D eigenvalue weighted by Crippen LogP contribution is 2.44. The van der Waals surface area contributed by atoms with Gasteiger partial charge in [0.1, 0.15) is 0 Å². The number of rotatable bonds is 5. The number of ether oxygens (including phenoxy) is 1. The fourth-order valence-electron chi connectivity index (χ4n) is 3.19. The number of carbonyl (C=O) groups excluding carboxylic acids is 1. The van der Waals surface area contributed by atoms with Crippen molar-refractivity contribution in [2.45, 2.75) is 32.6 Å². The Morgan fingerprint density at radius 1 is 1.29 bits per heavy atom. The molecule has 1 saturated carbocycles. The first-order valence-corrected chi connectivity index (χ1v) is 6.71. The van der Waals surface area contributed by atoms with Crippen LogP contribution in [0, 0.1) is 23.7 Å². The van der Waals surface area contributed by atoms with E-state index in [1.807, 2.05) is 6.92 Å². The summed E-state index contributed by atoms with van der Waals surface area (Å²) < 4.78 is 5.32. The molecule has 2 bridgehead atoms. The highest BCUT2D eigenvalue weighted by molar-refractivity contribution is 5.69. The van der Waals surface area contributed by atoms with E-state index >= 15 is 0 Å². The molecule has 0 heterocycles. The zero-order valence-electron chi connectivity index (χ0n) is 10.5. The van der Waals surface area contributed by atoms with Gasteiger partial charge in [-0.3, -0.25) is 4.79 Å². The molecule has 3 aliphatic carbocycles. The molecule has 3 rings (SSSR count). The van der Waals surface area contributed by atoms with E-state index in [9.17, 15) is 9.90 Å². The number of aliphatic hydroxyl groups excluding tert-OH is 1. The van der Waals surface area contributed by atoms with Crippen LogP contribution in [-0.2, 0) is 9.53 Å². The molecule has 1 N–H and O–H groups in total. The number of esters is 1. The average molecular weight is 238 g/mol. The first kappa shape index (κ1) is 12.6. The van der Waals surface area contributed by atoms with Crippen molar-refractivity contribution < 1.29 is 14.6 Å². The highest BCUT2D eigenvalue weighted by atomic mass is 16.5. The smallest absolute Gasteiger partial charge is 0.305 e. The standard InChI is InChI=1S/C14H22O3/c1-2-3-14(16)17-9-13-11-6-4-10(5-7-11)12(13)8-15/h4,6,10-13,15H,2-3,5,7-9H2,1H3. The number of hydrogen-bond acceptors (Lipinski definition) is 3. The average Bonchev–Trinajstić information content (AvgIpc) is 2.37. The van der Waals surface area contributed by atoms with Crippen LogP contribution in [0.25, 0.3) is 0 Å². The van der Waals surface area contributed by atoms with Crippen molar-refractivity contribution in [2.75, 3.05) is 13.2 Å². The molecule has 3 heteroatoms. The van der Waals surface area contributed by atoms with Crippen LogP contribution < -0.4 is 0 Å². The lowest BCUT2D eigenvalue weighted by atomic mass is 9.63. The van der Waals surface area contributed by atoms with Gasteiger partial charge in [-0.05, 0) is 37.0 Å². The van der Waals surface area contributed by atoms with E-state index in [0.29, 0.717) is 30.8 Å². The Morgan fingerprint density at radius 3 is 2.47 bits per heavy atom. The van der Waals surface area contributed by atoms with Gasteiger partial charge in [-0.25, -0.2) is 0 Å². The summed E-state index contributed by atoms with van der Waals surface area (Å²) in [6, 6.07) is 0. The van der Waals surface area contributed by atoms with E-state index in [-0.39, 0.29) is 18.5 Å². The lowest BCUT2D eigenvalue weighted by Gasteiger charge is -2.44. The zero-order valence-corrected chi connectivity index (χ0v) is 10.5. The van der Waals surface area contributed by atoms with Gasteiger partial charge in [0.2, 0.25) is 0 Å². The fraction of sp³-hybridized carbons (Fsp3) is 0.786. The molecule has 96 valence electrons. The summed E-state index contributed by atoms with van der Waals surface area (Å²) in [5.41, 5.74) is 0. The van der Waals surface area contributed by atoms with Crippen LogP contribution >= 0.6 is 0 Å². The van der Waals surface area contributed by atoms with E-state index in [1.165, 1.54) is 12.8 Å². The largest absolute Gasteiger partial charge is 0.465 e. The highest BCUT2D eigenvalue weighted by Gasteiger charge is 2.40. The second-order valence-electron chi connectivity index (χ2n) is 5.23. The number of fused-ring (bicyclic) bond motifs is 2. The molecule has 0 aliphatic heterocycles. The first-order chi connectivity index (χ1) is 8.26. The summed E-state index contributed by atoms with van der Waals surface area (Å²) in [5, 5.41) is 9.48. The van der Waals surface area contributed by atoms with Crippen LogP contribution in [-0.4, -0.2) is 24.3 Å². The fourth-order valence-corrected chi connectivity index (χ4v) is 3.19. The Labute approximate surface area is 103 Å². The summed E-state index contributed by atoms with van der Waals surface area (Å²) in [6.45, 7) is 2.67. The van der Waals surface area contributed by atoms with Crippen LogP contribution in [0.2, 0.25) is 0 Å². The second-order valence-corrected chi connectivity index (χ2v) is 5.23. The van der Waals surface area contributed by atoms with Gasteiger partial charge >= 0.3 is 5.97 Å². The van der Waals surface area contributed by atoms with Crippen molar-refractivity contribution in [3.8, 4) is 0 Å². The molecule has 3 nitrogen and oxygen atoms in total. The minimum absolute atomic E-state index is 0.102. The predicted octanol–water partition coefficient (Wildman–Crippen LogP) is 2.15. The number of carbonyl (C=O) groups is 1. The molecule has 0 amide bonds. The zero-order chi connectivity index (χ0) is 12.3. The Bertz CT molecular complexity index is 298. The second kappa shape index (κ2) is 5.67. The van der Waals surface area contributed by atoms with Crippen molar-refractivity contribution in [1.29, 1.82) is 0 Å². The SMILES string of the molecule is CCCC(=O)OCC1C2C=CC(CC2)C1CO. The Morgan fingerprint density at radius 2 is 1.94 bits per heavy atom. The van der Waals surface area contributed by atoms with Gasteiger partial charge in [-0.2, -0.15) is 0 Å². The molecule has 0 radical (unpaired) electrons. The summed E-state index contributed by atoms with van der Waals surface area (Å²) in [5.74, 6) is 1.49. The predicted molar refractivity (Wildman–Crippen MR) is 65.3 cm³/mol. The summed E-state index contributed by atoms with van der Waals surface area (Å²) in [4.78, 5) is 11.4. The quantitative estimate of drug-likeness (QED) is 0.589. The summed E-state index contributed by atoms with van der Waals surface area (Å²) in [6.07, 6.45) is 8.16. The molecule has 0 aromatic heterocycles. The molecule has 4 unspecified atom stereocenters. The van der Waals surface area contributed by atoms with Gasteiger partial charge in [-0.1, -0.05) is 19.1 Å². The van der Waals surface area contributed by atoms with Crippen LogP contribution in [0.15, 0.2) is 12.2 Å². The Kier molecular flexibility index (Phi) is 4.21. The van der Waals surface area contributed by atoms with Crippen LogP contribution in [0.5, 0.6) is 0 Å². The van der Waals surface area contributed by atoms with Crippen molar-refractivity contribution >= 4 is 5.97 Å². The van der Waals surface area contributed by atoms with Crippen molar-refractivity contribution in [2.24, 2.45) is 23.7 Å². The topological polar surface area (TPSA) is 46.5 Å². The molecule has 0 aromatic rings. The van der Waals surface area contributed by atoms with E-state index in [1.54, 1.807) is 0 Å². The third-order valence-electron chi connectivity index (χ3n) is 4.19. The van der Waals surface area contributed by atoms with E-state index in [2.05, 4.69) is 12.2 Å². The van der Waals surface area contributed by atoms with Gasteiger partial charge in [-0.15, -0.1) is 0 Å². The number of allylic oxidation sites excluding steroid dienone is 2. The Hall–Kier alpha value is -0.830. The molecule has 0 spiro atoms. The molecule has 0 saturated heterocycles. The van der Waals surface area contributed by atoms with Gasteiger partial charge in [0.25, 0.3) is 0 Å². The lowest BCUT2D eigenvalue weighted by Crippen LogP contribution is -2.41. The van der Waals surface area contributed by atoms with Gasteiger partial charge in [0, 0.05) is 18.9 Å². The molecule has 1 fully saturated rings. The first-order valence-electron chi connectivity index (χ1n) is 6.71. The molecular formula is C14H22O3. The maximum Gasteiger partial charge on any atom is 0.305 e. The number of aliphatic hydroxyl groups is 1. The Balaban J connectivity index is 1.91. The lowest BCUT2D eigenvalue weighted by molar-refractivity contribution is -0.147. The van der Waals surface area contributed by atoms with Crippen LogP contribution in [0.1, 0.15) is 32.6 Å². The van der Waals surface area contributed by atoms with Crippen LogP contribution in [0.4, 0.5) is 0 Å². The molecule has 0 aromatic carbocycles. The monoisotopic (exact) mass is 238 g/mol. The van der Waals surface area contributed by atoms with E-state index in [4.69, 9.17) is 4.74 Å².